The molecule has 0 aromatic heterocycles. The van der Waals surface area contributed by atoms with Gasteiger partial charge in [0.2, 0.25) is 11.0 Å². The number of carboxylic acid groups (broad SMARTS) is 1. The number of carboxylic acids is 1. The van der Waals surface area contributed by atoms with E-state index in [-0.39, 0.29) is 163 Å². The molecule has 1 aliphatic heterocycles. The number of aryl methyl sites for hydroxylation is 4. The molecule has 0 fully saturated rings. The summed E-state index contributed by atoms with van der Waals surface area (Å²) in [5, 5.41) is 22.3. The van der Waals surface area contributed by atoms with Crippen LogP contribution in [-0.4, -0.2) is 50.5 Å². The summed E-state index contributed by atoms with van der Waals surface area (Å²) in [5.41, 5.74) is 14.2. The Labute approximate surface area is 527 Å². The molecule has 17 nitrogen and oxygen atoms in total. The smallest absolute Gasteiger partial charge is 0.744 e. The van der Waals surface area contributed by atoms with Gasteiger partial charge in [-0.3, -0.25) is 9.35 Å². The fraction of sp³-hybridized carbons (Fsp3) is 0.346. The predicted molar refractivity (Wildman–Crippen MR) is 269 cm³/mol. The predicted octanol–water partition coefficient (Wildman–Crippen LogP) is -3.17. The van der Waals surface area contributed by atoms with E-state index in [0.29, 0.717) is 58.1 Å². The van der Waals surface area contributed by atoms with Gasteiger partial charge in [-0.1, -0.05) is 92.3 Å². The van der Waals surface area contributed by atoms with Gasteiger partial charge >= 0.3 is 124 Å². The van der Waals surface area contributed by atoms with E-state index in [4.69, 9.17) is 10.2 Å². The summed E-state index contributed by atoms with van der Waals surface area (Å²) in [6.45, 7) is 11.3. The molecule has 4 amide bonds. The maximum absolute atomic E-state index is 13.2. The van der Waals surface area contributed by atoms with Crippen molar-refractivity contribution < 1.29 is 173 Å². The Morgan fingerprint density at radius 1 is 0.693 bits per heavy atom. The zero-order chi connectivity index (χ0) is 51.8. The zero-order valence-corrected chi connectivity index (χ0v) is 54.2. The van der Waals surface area contributed by atoms with Crippen LogP contribution in [0.2, 0.25) is 0 Å². The van der Waals surface area contributed by atoms with Crippen molar-refractivity contribution in [3.63, 3.8) is 0 Å². The Hall–Kier alpha value is -2.80. The van der Waals surface area contributed by atoms with E-state index in [2.05, 4.69) is 32.3 Å². The number of hydrogen-bond acceptors (Lipinski definition) is 11. The van der Waals surface area contributed by atoms with Crippen molar-refractivity contribution in [1.29, 1.82) is 0 Å². The fourth-order valence-electron chi connectivity index (χ4n) is 9.11. The number of rotatable bonds is 21. The summed E-state index contributed by atoms with van der Waals surface area (Å²) < 4.78 is 82.2. The molecule has 0 radical (unpaired) electrons. The SMILES string of the molecule is Cc1cc(C)c(Nc2[c-]cc3c(-c4ccccc4S(=O)(=O)O)c4cc(S(=O)(=O)[O-])c(=[NH+]c5c(C)cc(C)c(NC(=O)NCCCCCCCCCCCCC(=O)[O-])c5C)cc-4oc3c2)c(C)c1NC([NH-])=O.[Na+].[Na+].[Na+].[Na+]. The molecule has 0 saturated carbocycles. The van der Waals surface area contributed by atoms with Crippen LogP contribution in [0.15, 0.2) is 74.9 Å². The molecular weight excluding hydrogens is 1040 g/mol. The van der Waals surface area contributed by atoms with Gasteiger partial charge in [0, 0.05) is 40.5 Å². The van der Waals surface area contributed by atoms with Crippen molar-refractivity contribution >= 4 is 77.7 Å². The second kappa shape index (κ2) is 30.5. The number of unbranched alkanes of at least 4 members (excludes halogenated alkanes) is 9. The zero-order valence-electron chi connectivity index (χ0n) is 44.6. The average molecular weight is 1100 g/mol. The molecule has 0 unspecified atom stereocenters. The van der Waals surface area contributed by atoms with E-state index in [9.17, 15) is 45.4 Å². The second-order valence-electron chi connectivity index (χ2n) is 17.9. The Bertz CT molecular complexity index is 3300. The number of anilines is 4. The third-order valence-corrected chi connectivity index (χ3v) is 14.3. The normalized spacial score (nSPS) is 11.4. The van der Waals surface area contributed by atoms with Gasteiger partial charge in [-0.15, -0.1) is 6.07 Å². The summed E-state index contributed by atoms with van der Waals surface area (Å²) in [4.78, 5) is 37.5. The van der Waals surface area contributed by atoms with Crippen molar-refractivity contribution in [2.75, 3.05) is 22.5 Å². The quantitative estimate of drug-likeness (QED) is 0.0137. The summed E-state index contributed by atoms with van der Waals surface area (Å²) in [6.07, 6.45) is 9.78. The van der Waals surface area contributed by atoms with E-state index in [1.807, 2.05) is 26.8 Å². The molecule has 2 aliphatic rings. The monoisotopic (exact) mass is 1100 g/mol. The number of fused-ring (bicyclic) bond motifs is 2. The third-order valence-electron chi connectivity index (χ3n) is 12.5. The van der Waals surface area contributed by atoms with Crippen molar-refractivity contribution in [2.45, 2.75) is 122 Å². The van der Waals surface area contributed by atoms with Gasteiger partial charge in [-0.25, -0.2) is 18.2 Å². The average Bonchev–Trinajstić information content (AvgIpc) is 3.29. The molecule has 0 saturated heterocycles. The second-order valence-corrected chi connectivity index (χ2v) is 20.6. The molecule has 75 heavy (non-hydrogen) atoms. The van der Waals surface area contributed by atoms with Crippen LogP contribution in [0.3, 0.4) is 0 Å². The number of benzene rings is 5. The van der Waals surface area contributed by atoms with E-state index in [1.54, 1.807) is 39.0 Å². The van der Waals surface area contributed by atoms with E-state index in [1.165, 1.54) is 30.3 Å². The number of amides is 4. The molecular formula is C52H59N6Na4O11S2+. The molecule has 0 spiro atoms. The minimum atomic E-state index is -5.27. The standard InChI is InChI=1S/C52H61N6O11S2.4Na/c1-30-25-32(3)49(57-51(53)61)34(5)47(30)55-36-22-23-37-41(27-36)69-42-29-40(44(71(66,67)68)28-39(42)46(37)38-19-16-17-20-43(38)70(63,64)65)56-48-31(2)26-33(4)50(35(48)6)58-52(62)54-24-18-14-12-10-8-7-9-11-13-15-21-45(59)60;;;;/h16-17,19-20,23,25-29H,7-15,18,21,24H2,1-6H3,(H9,53,54,55,56,57,58,59,60,61,62,63,64,65,66,67,68);;;;/q-1;4*+1/p-2. The topological polar surface area (TPSA) is 285 Å². The first-order valence-corrected chi connectivity index (χ1v) is 26.2. The van der Waals surface area contributed by atoms with E-state index in [0.717, 1.165) is 80.5 Å². The van der Waals surface area contributed by atoms with Crippen molar-refractivity contribution in [3.05, 3.63) is 111 Å². The largest absolute Gasteiger partial charge is 1.00 e. The van der Waals surface area contributed by atoms with Crippen molar-refractivity contribution in [1.82, 2.24) is 5.32 Å². The van der Waals surface area contributed by atoms with Crippen LogP contribution < -0.4 is 155 Å². The molecule has 7 N–H and O–H groups in total. The molecule has 23 heteroatoms. The molecule has 6 rings (SSSR count). The molecule has 378 valence electrons. The van der Waals surface area contributed by atoms with Gasteiger partial charge < -0.3 is 45.9 Å². The van der Waals surface area contributed by atoms with Gasteiger partial charge in [-0.05, 0) is 113 Å². The van der Waals surface area contributed by atoms with Crippen molar-refractivity contribution in [3.8, 4) is 22.5 Å². The summed E-state index contributed by atoms with van der Waals surface area (Å²) in [6, 6.07) is 16.5. The molecule has 4 aromatic rings. The van der Waals surface area contributed by atoms with Gasteiger partial charge in [0.15, 0.2) is 6.03 Å². The van der Waals surface area contributed by atoms with Gasteiger partial charge in [0.25, 0.3) is 10.1 Å². The van der Waals surface area contributed by atoms with E-state index >= 15 is 0 Å². The molecule has 4 aromatic carbocycles. The van der Waals surface area contributed by atoms with Gasteiger partial charge in [0.1, 0.15) is 25.7 Å². The maximum Gasteiger partial charge on any atom is 1.00 e. The maximum atomic E-state index is 13.2. The minimum Gasteiger partial charge on any atom is -0.744 e. The Morgan fingerprint density at radius 3 is 1.84 bits per heavy atom. The molecule has 1 heterocycles. The van der Waals surface area contributed by atoms with Crippen LogP contribution in [-0.2, 0) is 25.0 Å². The van der Waals surface area contributed by atoms with Gasteiger partial charge in [-0.2, -0.15) is 20.6 Å². The number of hydrogen-bond donors (Lipinski definition) is 6. The van der Waals surface area contributed by atoms with Crippen molar-refractivity contribution in [2.24, 2.45) is 0 Å². The van der Waals surface area contributed by atoms with Crippen LogP contribution in [0.25, 0.3) is 39.2 Å². The first kappa shape index (κ1) is 68.3. The third kappa shape index (κ3) is 18.1. The van der Waals surface area contributed by atoms with Crippen LogP contribution in [0.5, 0.6) is 0 Å². The van der Waals surface area contributed by atoms with Crippen LogP contribution in [0.4, 0.5) is 38.0 Å². The van der Waals surface area contributed by atoms with Crippen LogP contribution in [0, 0.1) is 47.6 Å². The molecule has 0 bridgehead atoms. The fourth-order valence-corrected chi connectivity index (χ4v) is 10.5. The number of aliphatic carboxylic acids is 1. The Morgan fingerprint density at radius 2 is 1.25 bits per heavy atom. The number of carbonyl (C=O) groups excluding carboxylic acids is 3. The number of carbonyl (C=O) groups is 3. The van der Waals surface area contributed by atoms with E-state index < -0.39 is 48.1 Å². The molecule has 0 atom stereocenters. The minimum absolute atomic E-state index is 0. The summed E-state index contributed by atoms with van der Waals surface area (Å²) in [5.74, 6) is -0.977. The Balaban J connectivity index is 0.00000481. The van der Waals surface area contributed by atoms with Crippen LogP contribution in [0.1, 0.15) is 104 Å². The Kier molecular flexibility index (Phi) is 27.8. The molecule has 1 aliphatic carbocycles. The number of urea groups is 2. The first-order chi connectivity index (χ1) is 33.5. The summed E-state index contributed by atoms with van der Waals surface area (Å²) >= 11 is 0. The van der Waals surface area contributed by atoms with Gasteiger partial charge in [0.05, 0.1) is 11.8 Å². The number of nitrogens with one attached hydrogen (secondary N) is 6. The first-order valence-electron chi connectivity index (χ1n) is 23.4. The van der Waals surface area contributed by atoms with Crippen LogP contribution >= 0.6 is 0 Å². The summed E-state index contributed by atoms with van der Waals surface area (Å²) in [7, 11) is -10.1.